The molecule has 10 nitrogen and oxygen atoms in total. The third-order valence-electron chi connectivity index (χ3n) is 6.61. The van der Waals surface area contributed by atoms with Crippen LogP contribution in [0.4, 0.5) is 17.5 Å². The zero-order valence-electron chi connectivity index (χ0n) is 19.5. The van der Waals surface area contributed by atoms with Crippen LogP contribution in [0.1, 0.15) is 31.7 Å². The molecule has 0 radical (unpaired) electrons. The predicted molar refractivity (Wildman–Crippen MR) is 130 cm³/mol. The SMILES string of the molecule is C=CC(=O)[N+]1(CCc2c[nH]c3nc(Nc4cnn(CC(C)NC)c4)nc(N)c23)CCCCC1. The molecule has 1 aliphatic rings. The molecule has 1 unspecified atom stereocenters. The average molecular weight is 453 g/mol. The molecule has 4 heterocycles. The van der Waals surface area contributed by atoms with Crippen molar-refractivity contribution in [1.29, 1.82) is 0 Å². The van der Waals surface area contributed by atoms with Gasteiger partial charge in [-0.1, -0.05) is 6.58 Å². The first-order valence-electron chi connectivity index (χ1n) is 11.6. The molecule has 1 atom stereocenters. The van der Waals surface area contributed by atoms with Gasteiger partial charge in [0.05, 0.1) is 43.4 Å². The number of nitrogens with zero attached hydrogens (tertiary/aromatic N) is 5. The summed E-state index contributed by atoms with van der Waals surface area (Å²) < 4.78 is 2.33. The van der Waals surface area contributed by atoms with Gasteiger partial charge in [0.1, 0.15) is 11.5 Å². The summed E-state index contributed by atoms with van der Waals surface area (Å²) in [6.07, 6.45) is 11.1. The lowest BCUT2D eigenvalue weighted by Gasteiger charge is -2.38. The Hall–Kier alpha value is -3.24. The standard InChI is InChI=1S/C23H34N9O/c1-4-19(33)32(9-6-5-7-10-32)11-8-17-12-26-22-20(17)21(24)29-23(30-22)28-18-13-27-31(15-18)14-16(2)25-3/h4,12-13,15-16,25H,1,5-11,14H2,2-3H3,(H4,24,26,28,29,30)/q+1. The van der Waals surface area contributed by atoms with Gasteiger partial charge in [0.2, 0.25) is 5.95 Å². The second-order valence-corrected chi connectivity index (χ2v) is 8.90. The van der Waals surface area contributed by atoms with E-state index in [1.165, 1.54) is 12.5 Å². The van der Waals surface area contributed by atoms with Crippen LogP contribution in [-0.4, -0.2) is 67.8 Å². The molecule has 1 saturated heterocycles. The van der Waals surface area contributed by atoms with Crippen molar-refractivity contribution in [1.82, 2.24) is 30.0 Å². The number of nitrogens with one attached hydrogen (secondary N) is 3. The van der Waals surface area contributed by atoms with E-state index in [2.05, 4.69) is 44.2 Å². The number of likely N-dealkylation sites (N-methyl/N-ethyl adjacent to an activating group) is 1. The third-order valence-corrected chi connectivity index (χ3v) is 6.61. The minimum Gasteiger partial charge on any atom is -0.383 e. The number of nitrogen functional groups attached to an aromatic ring is 1. The van der Waals surface area contributed by atoms with E-state index in [0.29, 0.717) is 27.9 Å². The van der Waals surface area contributed by atoms with E-state index in [1.54, 1.807) is 6.20 Å². The number of amides is 1. The highest BCUT2D eigenvalue weighted by Crippen LogP contribution is 2.27. The Morgan fingerprint density at radius 3 is 2.88 bits per heavy atom. The fourth-order valence-corrected chi connectivity index (χ4v) is 4.61. The topological polar surface area (TPSA) is 127 Å². The van der Waals surface area contributed by atoms with Crippen LogP contribution < -0.4 is 16.4 Å². The van der Waals surface area contributed by atoms with Gasteiger partial charge in [-0.25, -0.2) is 4.79 Å². The predicted octanol–water partition coefficient (Wildman–Crippen LogP) is 2.34. The number of H-pyrrole nitrogens is 1. The molecule has 1 fully saturated rings. The van der Waals surface area contributed by atoms with Crippen LogP contribution in [0.25, 0.3) is 11.0 Å². The number of hydrogen-bond donors (Lipinski definition) is 4. The first-order chi connectivity index (χ1) is 15.9. The Morgan fingerprint density at radius 2 is 2.15 bits per heavy atom. The quantitative estimate of drug-likeness (QED) is 0.290. The van der Waals surface area contributed by atoms with Crippen molar-refractivity contribution >= 4 is 34.4 Å². The van der Waals surface area contributed by atoms with E-state index in [4.69, 9.17) is 5.73 Å². The molecular formula is C23H34N9O+. The summed E-state index contributed by atoms with van der Waals surface area (Å²) in [6, 6.07) is 0.312. The van der Waals surface area contributed by atoms with Crippen molar-refractivity contribution in [2.45, 2.75) is 45.2 Å². The van der Waals surface area contributed by atoms with Crippen molar-refractivity contribution in [3.63, 3.8) is 0 Å². The van der Waals surface area contributed by atoms with Crippen molar-refractivity contribution in [2.75, 3.05) is 37.7 Å². The van der Waals surface area contributed by atoms with E-state index in [0.717, 1.165) is 62.1 Å². The van der Waals surface area contributed by atoms with Crippen molar-refractivity contribution in [3.05, 3.63) is 36.8 Å². The van der Waals surface area contributed by atoms with E-state index in [1.807, 2.05) is 24.1 Å². The van der Waals surface area contributed by atoms with Crippen molar-refractivity contribution in [2.24, 2.45) is 0 Å². The normalized spacial score (nSPS) is 16.5. The number of anilines is 3. The van der Waals surface area contributed by atoms with E-state index in [9.17, 15) is 4.79 Å². The van der Waals surface area contributed by atoms with Crippen LogP contribution in [-0.2, 0) is 17.8 Å². The Bertz CT molecular complexity index is 1130. The van der Waals surface area contributed by atoms with Crippen LogP contribution in [0.3, 0.4) is 0 Å². The summed E-state index contributed by atoms with van der Waals surface area (Å²) in [4.78, 5) is 25.0. The lowest BCUT2D eigenvalue weighted by molar-refractivity contribution is -0.857. The number of piperidine rings is 1. The van der Waals surface area contributed by atoms with Gasteiger partial charge >= 0.3 is 5.91 Å². The number of nitrogens with two attached hydrogens (primary N) is 1. The molecule has 0 aliphatic carbocycles. The van der Waals surface area contributed by atoms with Crippen molar-refractivity contribution in [3.8, 4) is 0 Å². The number of carbonyl (C=O) groups is 1. The monoisotopic (exact) mass is 452 g/mol. The molecule has 0 saturated carbocycles. The summed E-state index contributed by atoms with van der Waals surface area (Å²) >= 11 is 0. The largest absolute Gasteiger partial charge is 0.383 e. The molecule has 0 spiro atoms. The molecular weight excluding hydrogens is 418 g/mol. The number of rotatable bonds is 9. The molecule has 33 heavy (non-hydrogen) atoms. The van der Waals surface area contributed by atoms with E-state index >= 15 is 0 Å². The number of quaternary nitrogens is 1. The molecule has 3 aromatic heterocycles. The minimum absolute atomic E-state index is 0.106. The molecule has 1 amide bonds. The van der Waals surface area contributed by atoms with Crippen LogP contribution in [0, 0.1) is 0 Å². The van der Waals surface area contributed by atoms with E-state index in [-0.39, 0.29) is 5.91 Å². The van der Waals surface area contributed by atoms with Gasteiger partial charge in [-0.2, -0.15) is 15.1 Å². The van der Waals surface area contributed by atoms with Gasteiger partial charge in [-0.15, -0.1) is 0 Å². The minimum atomic E-state index is 0.106. The number of fused-ring (bicyclic) bond motifs is 1. The van der Waals surface area contributed by atoms with Gasteiger partial charge in [0.25, 0.3) is 0 Å². The fraction of sp³-hybridized carbons (Fsp3) is 0.478. The zero-order chi connectivity index (χ0) is 23.4. The Labute approximate surface area is 193 Å². The lowest BCUT2D eigenvalue weighted by atomic mass is 10.0. The number of hydrogen-bond acceptors (Lipinski definition) is 7. The summed E-state index contributed by atoms with van der Waals surface area (Å²) in [7, 11) is 1.93. The second-order valence-electron chi connectivity index (χ2n) is 8.90. The number of likely N-dealkylation sites (tertiary alicyclic amines) is 1. The maximum absolute atomic E-state index is 12.7. The Morgan fingerprint density at radius 1 is 1.36 bits per heavy atom. The van der Waals surface area contributed by atoms with Gasteiger partial charge in [-0.3, -0.25) is 9.16 Å². The van der Waals surface area contributed by atoms with E-state index < -0.39 is 0 Å². The first-order valence-corrected chi connectivity index (χ1v) is 11.6. The van der Waals surface area contributed by atoms with Crippen LogP contribution in [0.2, 0.25) is 0 Å². The fourth-order valence-electron chi connectivity index (χ4n) is 4.61. The molecule has 10 heteroatoms. The van der Waals surface area contributed by atoms with Gasteiger partial charge in [-0.05, 0) is 38.8 Å². The molecule has 4 rings (SSSR count). The molecule has 0 aromatic carbocycles. The molecule has 3 aromatic rings. The second kappa shape index (κ2) is 9.72. The Kier molecular flexibility index (Phi) is 6.75. The third kappa shape index (κ3) is 4.91. The van der Waals surface area contributed by atoms with Crippen LogP contribution >= 0.6 is 0 Å². The summed E-state index contributed by atoms with van der Waals surface area (Å²) in [6.45, 7) is 9.04. The summed E-state index contributed by atoms with van der Waals surface area (Å²) in [5.41, 5.74) is 8.85. The van der Waals surface area contributed by atoms with Crippen molar-refractivity contribution < 1.29 is 9.28 Å². The summed E-state index contributed by atoms with van der Waals surface area (Å²) in [5.74, 6) is 0.932. The smallest absolute Gasteiger partial charge is 0.338 e. The summed E-state index contributed by atoms with van der Waals surface area (Å²) in [5, 5.41) is 11.6. The maximum atomic E-state index is 12.7. The highest BCUT2D eigenvalue weighted by Gasteiger charge is 2.36. The number of aromatic amines is 1. The van der Waals surface area contributed by atoms with Gasteiger partial charge < -0.3 is 21.4 Å². The average Bonchev–Trinajstić information content (AvgIpc) is 3.44. The number of aromatic nitrogens is 5. The molecule has 0 bridgehead atoms. The van der Waals surface area contributed by atoms with Gasteiger partial charge in [0.15, 0.2) is 0 Å². The maximum Gasteiger partial charge on any atom is 0.338 e. The molecule has 5 N–H and O–H groups in total. The Balaban J connectivity index is 1.50. The van der Waals surface area contributed by atoms with Crippen LogP contribution in [0.15, 0.2) is 31.2 Å². The zero-order valence-corrected chi connectivity index (χ0v) is 19.5. The number of carbonyl (C=O) groups excluding carboxylic acids is 1. The lowest BCUT2D eigenvalue weighted by Crippen LogP contribution is -2.56. The molecule has 176 valence electrons. The van der Waals surface area contributed by atoms with Crippen LogP contribution in [0.5, 0.6) is 0 Å². The first kappa shape index (κ1) is 22.9. The van der Waals surface area contributed by atoms with Gasteiger partial charge in [0, 0.05) is 30.9 Å². The highest BCUT2D eigenvalue weighted by atomic mass is 16.2. The molecule has 1 aliphatic heterocycles. The highest BCUT2D eigenvalue weighted by molar-refractivity contribution is 5.90.